The molecule has 0 aliphatic rings. The maximum Gasteiger partial charge on any atom is 1.00 e. The summed E-state index contributed by atoms with van der Waals surface area (Å²) in [4.78, 5) is 166. The molecule has 0 spiro atoms. The Morgan fingerprint density at radius 3 is 0.471 bits per heavy atom. The van der Waals surface area contributed by atoms with Crippen LogP contribution in [-0.4, -0.2) is 185 Å². The minimum absolute atomic E-state index is 0. The number of carbonyl (C=O) groups is 16. The predicted molar refractivity (Wildman–Crippen MR) is 171 cm³/mol. The first-order valence-electron chi connectivity index (χ1n) is 15.5. The summed E-state index contributed by atoms with van der Waals surface area (Å²) >= 11 is 0. The monoisotopic (exact) mass is 1030 g/mol. The summed E-state index contributed by atoms with van der Waals surface area (Å²) in [6, 6.07) is -6.70. The zero-order chi connectivity index (χ0) is 51.5. The van der Waals surface area contributed by atoms with Gasteiger partial charge >= 0.3 is 190 Å². The molecule has 68 heavy (non-hydrogen) atoms. The minimum atomic E-state index is -2.42. The van der Waals surface area contributed by atoms with Crippen molar-refractivity contribution in [1.82, 2.24) is 0 Å². The zero-order valence-corrected chi connectivity index (χ0v) is 43.1. The van der Waals surface area contributed by atoms with E-state index in [9.17, 15) is 97.1 Å². The molecule has 0 aliphatic carbocycles. The summed E-state index contributed by atoms with van der Waals surface area (Å²) in [6.45, 7) is 0. The van der Waals surface area contributed by atoms with Gasteiger partial charge in [-0.05, 0) is 0 Å². The Hall–Kier alpha value is -4.64. The fourth-order valence-electron chi connectivity index (χ4n) is 2.69. The van der Waals surface area contributed by atoms with Crippen LogP contribution in [0.5, 0.6) is 0 Å². The first-order valence-corrected chi connectivity index (χ1v) is 15.5. The molecule has 0 aliphatic heterocycles. The van der Waals surface area contributed by atoms with E-state index in [0.29, 0.717) is 0 Å². The van der Waals surface area contributed by atoms with Crippen LogP contribution in [0.15, 0.2) is 0 Å². The smallest absolute Gasteiger partial charge is 0.550 e. The van der Waals surface area contributed by atoms with Crippen molar-refractivity contribution >= 4 is 95.5 Å². The van der Waals surface area contributed by atoms with Gasteiger partial charge in [-0.25, -0.2) is 38.4 Å². The van der Waals surface area contributed by atoms with Crippen molar-refractivity contribution < 1.29 is 275 Å². The van der Waals surface area contributed by atoms with Gasteiger partial charge in [0.1, 0.15) is 24.2 Å². The number of carboxylic acids is 12. The third-order valence-corrected chi connectivity index (χ3v) is 5.49. The molecule has 0 aromatic heterocycles. The van der Waals surface area contributed by atoms with Gasteiger partial charge in [-0.1, -0.05) is 0 Å². The summed E-state index contributed by atoms with van der Waals surface area (Å²) in [5.41, 5.74) is 19.9. The molecule has 4 unspecified atom stereocenters. The van der Waals surface area contributed by atoms with Crippen molar-refractivity contribution in [2.45, 2.75) is 74.3 Å². The van der Waals surface area contributed by atoms with Gasteiger partial charge < -0.3 is 122 Å². The molecule has 0 aromatic rings. The molecule has 0 saturated carbocycles. The van der Waals surface area contributed by atoms with Crippen molar-refractivity contribution in [2.75, 3.05) is 0 Å². The fraction of sp³-hybridized carbons (Fsp3) is 0.429. The summed E-state index contributed by atoms with van der Waals surface area (Å²) < 4.78 is 15.9. The second-order valence-electron chi connectivity index (χ2n) is 10.7. The number of ether oxygens (including phenoxy) is 4. The maximum absolute atomic E-state index is 10.9. The number of rotatable bonds is 24. The van der Waals surface area contributed by atoms with Crippen LogP contribution in [0.1, 0.15) is 25.7 Å². The van der Waals surface area contributed by atoms with E-state index < -0.39 is 170 Å². The topological polar surface area (TPSA) is 668 Å². The van der Waals surface area contributed by atoms with E-state index in [4.69, 9.17) is 63.8 Å². The SMILES string of the molecule is NC(CC(=O)[O-])C(=O)OC(C(=O)O)C(=O)O.NC(CC(=O)[O-])C(=O)OC(C(=O)O)C(=O)O.NC(CC(=O)[O-])C(=O)OC(C(=O)O)C(=O)O.NC(CC(=O)[O-])C(=O)OC(C(=O)O)C(=O)O.[Na+].[Na+].[Na+].[Na+]. The van der Waals surface area contributed by atoms with Crippen molar-refractivity contribution in [1.29, 1.82) is 0 Å². The number of aliphatic carboxylic acids is 12. The van der Waals surface area contributed by atoms with Crippen LogP contribution in [0.4, 0.5) is 0 Å². The molecule has 0 bridgehead atoms. The Balaban J connectivity index is -0.000000115. The van der Waals surface area contributed by atoms with Crippen LogP contribution in [0, 0.1) is 0 Å². The number of hydrogen-bond acceptors (Lipinski definition) is 28. The average molecular weight is 1030 g/mol. The van der Waals surface area contributed by atoms with Crippen molar-refractivity contribution in [3.05, 3.63) is 0 Å². The molecular formula is C28H32N4Na4O32. The molecule has 0 amide bonds. The van der Waals surface area contributed by atoms with Crippen LogP contribution in [-0.2, 0) is 95.7 Å². The van der Waals surface area contributed by atoms with Gasteiger partial charge in [0.2, 0.25) is 0 Å². The third-order valence-electron chi connectivity index (χ3n) is 5.49. The number of esters is 4. The number of nitrogens with two attached hydrogens (primary N) is 4. The molecule has 16 N–H and O–H groups in total. The van der Waals surface area contributed by atoms with Crippen LogP contribution in [0.2, 0.25) is 0 Å². The Kier molecular flexibility index (Phi) is 48.9. The molecule has 0 fully saturated rings. The second-order valence-corrected chi connectivity index (χ2v) is 10.7. The third kappa shape index (κ3) is 39.4. The van der Waals surface area contributed by atoms with Crippen molar-refractivity contribution in [2.24, 2.45) is 22.9 Å². The largest absolute Gasteiger partial charge is 1.00 e. The van der Waals surface area contributed by atoms with Gasteiger partial charge in [-0.3, -0.25) is 19.2 Å². The molecular weight excluding hydrogens is 996 g/mol. The van der Waals surface area contributed by atoms with Gasteiger partial charge in [-0.15, -0.1) is 0 Å². The normalized spacial score (nSPS) is 11.2. The predicted octanol–water partition coefficient (Wildman–Crippen LogP) is -25.8. The number of hydrogen-bond donors (Lipinski definition) is 12. The summed E-state index contributed by atoms with van der Waals surface area (Å²) in [5.74, 6) is -27.6. The maximum atomic E-state index is 10.9. The Morgan fingerprint density at radius 1 is 0.294 bits per heavy atom. The number of carbonyl (C=O) groups excluding carboxylic acids is 8. The van der Waals surface area contributed by atoms with Gasteiger partial charge in [0.05, 0.1) is 0 Å². The summed E-state index contributed by atoms with van der Waals surface area (Å²) in [6.07, 6.45) is -13.3. The van der Waals surface area contributed by atoms with E-state index in [-0.39, 0.29) is 118 Å². The molecule has 0 heterocycles. The summed E-state index contributed by atoms with van der Waals surface area (Å²) in [7, 11) is 0. The Labute approximate surface area is 463 Å². The molecule has 40 heteroatoms. The Bertz CT molecular complexity index is 1520. The van der Waals surface area contributed by atoms with Crippen LogP contribution >= 0.6 is 0 Å². The van der Waals surface area contributed by atoms with Crippen LogP contribution < -0.4 is 162 Å². The molecule has 0 radical (unpaired) electrons. The van der Waals surface area contributed by atoms with E-state index in [1.54, 1.807) is 0 Å². The molecule has 4 atom stereocenters. The van der Waals surface area contributed by atoms with Gasteiger partial charge in [-0.2, -0.15) is 0 Å². The fourth-order valence-corrected chi connectivity index (χ4v) is 2.69. The van der Waals surface area contributed by atoms with E-state index in [0.717, 1.165) is 0 Å². The minimum Gasteiger partial charge on any atom is -0.550 e. The molecule has 0 aromatic carbocycles. The quantitative estimate of drug-likeness (QED) is 0.0185. The zero-order valence-electron chi connectivity index (χ0n) is 35.1. The molecule has 0 saturated heterocycles. The average Bonchev–Trinajstić information content (AvgIpc) is 3.11. The first kappa shape index (κ1) is 80.4. The molecule has 360 valence electrons. The van der Waals surface area contributed by atoms with Crippen LogP contribution in [0.25, 0.3) is 0 Å². The molecule has 36 nitrogen and oxygen atoms in total. The first-order chi connectivity index (χ1) is 29.0. The van der Waals surface area contributed by atoms with E-state index >= 15 is 0 Å². The van der Waals surface area contributed by atoms with E-state index in [1.807, 2.05) is 0 Å². The van der Waals surface area contributed by atoms with Crippen molar-refractivity contribution in [3.63, 3.8) is 0 Å². The summed E-state index contributed by atoms with van der Waals surface area (Å²) in [5, 5.41) is 107. The molecule has 0 rings (SSSR count). The Morgan fingerprint density at radius 2 is 0.397 bits per heavy atom. The van der Waals surface area contributed by atoms with Crippen LogP contribution in [0.3, 0.4) is 0 Å². The number of carboxylic acid groups (broad SMARTS) is 12. The van der Waals surface area contributed by atoms with E-state index in [2.05, 4.69) is 18.9 Å². The standard InChI is InChI=1S/4C7H9NO8.4Na/c4*8-2(1-3(9)10)7(15)16-4(5(11)12)6(13)14;;;;/h4*2,4H,1,8H2,(H,9,10)(H,11,12)(H,13,14);;;;/q;;;;4*+1/p-4. The van der Waals surface area contributed by atoms with Gasteiger partial charge in [0, 0.05) is 49.6 Å². The van der Waals surface area contributed by atoms with Gasteiger partial charge in [0.25, 0.3) is 24.4 Å². The van der Waals surface area contributed by atoms with E-state index in [1.165, 1.54) is 0 Å². The van der Waals surface area contributed by atoms with Crippen molar-refractivity contribution in [3.8, 4) is 0 Å². The second kappa shape index (κ2) is 41.3. The van der Waals surface area contributed by atoms with Gasteiger partial charge in [0.15, 0.2) is 0 Å².